The second-order valence-electron chi connectivity index (χ2n) is 3.98. The summed E-state index contributed by atoms with van der Waals surface area (Å²) in [5, 5.41) is 2.89. The molecule has 0 heterocycles. The number of benzene rings is 1. The number of hydrogen-bond acceptors (Lipinski definition) is 4. The van der Waals surface area contributed by atoms with Crippen molar-refractivity contribution in [1.29, 1.82) is 0 Å². The van der Waals surface area contributed by atoms with Crippen molar-refractivity contribution in [2.45, 2.75) is 13.8 Å². The maximum absolute atomic E-state index is 11.9. The summed E-state index contributed by atoms with van der Waals surface area (Å²) in [6, 6.07) is 6.17. The van der Waals surface area contributed by atoms with Crippen molar-refractivity contribution in [3.8, 4) is 0 Å². The van der Waals surface area contributed by atoms with Gasteiger partial charge in [-0.1, -0.05) is 23.8 Å². The molecule has 1 amide bonds. The third-order valence-corrected chi connectivity index (χ3v) is 3.01. The number of Topliss-reactive ketones (excluding diaryl/α,β-unsaturated/α-hetero) is 2. The van der Waals surface area contributed by atoms with Gasteiger partial charge < -0.3 is 5.32 Å². The van der Waals surface area contributed by atoms with Crippen LogP contribution in [-0.2, 0) is 9.59 Å². The number of thiocarbonyl (C=S) groups is 1. The predicted molar refractivity (Wildman–Crippen MR) is 76.4 cm³/mol. The molecule has 0 aromatic heterocycles. The summed E-state index contributed by atoms with van der Waals surface area (Å²) in [4.78, 5) is 34.4. The highest BCUT2D eigenvalue weighted by atomic mass is 35.5. The van der Waals surface area contributed by atoms with E-state index in [1.54, 1.807) is 12.1 Å². The Labute approximate surface area is 121 Å². The first-order valence-electron chi connectivity index (χ1n) is 5.44. The lowest BCUT2D eigenvalue weighted by molar-refractivity contribution is -0.127. The Hall–Kier alpha value is -1.59. The van der Waals surface area contributed by atoms with E-state index in [1.165, 1.54) is 26.0 Å². The maximum Gasteiger partial charge on any atom is 0.256 e. The van der Waals surface area contributed by atoms with Crippen LogP contribution in [0.1, 0.15) is 24.2 Å². The Balaban J connectivity index is 2.81. The van der Waals surface area contributed by atoms with Crippen LogP contribution in [0.3, 0.4) is 0 Å². The molecule has 0 spiro atoms. The molecule has 0 saturated heterocycles. The van der Waals surface area contributed by atoms with Crippen LogP contribution in [0.2, 0.25) is 5.02 Å². The van der Waals surface area contributed by atoms with E-state index in [1.807, 2.05) is 0 Å². The number of nitrogens with one attached hydrogen (secondary N) is 1. The Morgan fingerprint density at radius 1 is 1.11 bits per heavy atom. The molecule has 0 fully saturated rings. The molecule has 0 aliphatic heterocycles. The lowest BCUT2D eigenvalue weighted by atomic mass is 10.0. The van der Waals surface area contributed by atoms with E-state index in [2.05, 4.69) is 5.32 Å². The van der Waals surface area contributed by atoms with Crippen LogP contribution in [-0.4, -0.2) is 22.5 Å². The van der Waals surface area contributed by atoms with Crippen LogP contribution in [0.25, 0.3) is 0 Å². The molecule has 0 aliphatic carbocycles. The maximum atomic E-state index is 11.9. The lowest BCUT2D eigenvalue weighted by Gasteiger charge is -2.13. The van der Waals surface area contributed by atoms with E-state index in [-0.39, 0.29) is 4.99 Å². The zero-order valence-corrected chi connectivity index (χ0v) is 12.0. The zero-order valence-electron chi connectivity index (χ0n) is 10.4. The molecule has 1 aromatic carbocycles. The fraction of sp³-hybridized carbons (Fsp3) is 0.231. The molecule has 6 heteroatoms. The van der Waals surface area contributed by atoms with Crippen LogP contribution >= 0.6 is 23.8 Å². The topological polar surface area (TPSA) is 63.2 Å². The number of halogens is 1. The summed E-state index contributed by atoms with van der Waals surface area (Å²) in [6.07, 6.45) is 0. The molecule has 1 N–H and O–H groups in total. The first-order chi connectivity index (χ1) is 8.82. The Bertz CT molecular complexity index is 525. The van der Waals surface area contributed by atoms with Crippen LogP contribution < -0.4 is 5.32 Å². The number of carbonyl (C=O) groups is 3. The van der Waals surface area contributed by atoms with Crippen LogP contribution in [0.5, 0.6) is 0 Å². The molecule has 19 heavy (non-hydrogen) atoms. The molecule has 0 saturated carbocycles. The van der Waals surface area contributed by atoms with Gasteiger partial charge >= 0.3 is 0 Å². The fourth-order valence-electron chi connectivity index (χ4n) is 1.51. The molecule has 4 nitrogen and oxygen atoms in total. The van der Waals surface area contributed by atoms with Crippen LogP contribution in [0.15, 0.2) is 24.3 Å². The predicted octanol–water partition coefficient (Wildman–Crippen LogP) is 2.19. The van der Waals surface area contributed by atoms with Crippen LogP contribution in [0.4, 0.5) is 0 Å². The van der Waals surface area contributed by atoms with Gasteiger partial charge in [0.1, 0.15) is 22.5 Å². The lowest BCUT2D eigenvalue weighted by Crippen LogP contribution is -2.40. The van der Waals surface area contributed by atoms with Gasteiger partial charge in [0, 0.05) is 10.6 Å². The van der Waals surface area contributed by atoms with Gasteiger partial charge in [-0.3, -0.25) is 14.4 Å². The Morgan fingerprint density at radius 2 is 1.58 bits per heavy atom. The Morgan fingerprint density at radius 3 is 2.00 bits per heavy atom. The van der Waals surface area contributed by atoms with Gasteiger partial charge in [-0.15, -0.1) is 0 Å². The smallest absolute Gasteiger partial charge is 0.256 e. The summed E-state index contributed by atoms with van der Waals surface area (Å²) in [6.45, 7) is 2.51. The average molecular weight is 298 g/mol. The molecular weight excluding hydrogens is 286 g/mol. The van der Waals surface area contributed by atoms with Crippen molar-refractivity contribution in [2.24, 2.45) is 5.92 Å². The van der Waals surface area contributed by atoms with E-state index < -0.39 is 23.4 Å². The minimum atomic E-state index is -1.08. The first kappa shape index (κ1) is 15.5. The van der Waals surface area contributed by atoms with Gasteiger partial charge in [0.25, 0.3) is 5.91 Å². The first-order valence-corrected chi connectivity index (χ1v) is 6.23. The average Bonchev–Trinajstić information content (AvgIpc) is 2.28. The van der Waals surface area contributed by atoms with Crippen molar-refractivity contribution in [1.82, 2.24) is 5.32 Å². The number of hydrogen-bond donors (Lipinski definition) is 1. The highest BCUT2D eigenvalue weighted by molar-refractivity contribution is 7.80. The summed E-state index contributed by atoms with van der Waals surface area (Å²) in [5.74, 6) is -2.34. The number of ketones is 2. The third-order valence-electron chi connectivity index (χ3n) is 2.42. The van der Waals surface area contributed by atoms with Gasteiger partial charge in [0.15, 0.2) is 0 Å². The molecule has 0 unspecified atom stereocenters. The summed E-state index contributed by atoms with van der Waals surface area (Å²) < 4.78 is 0. The van der Waals surface area contributed by atoms with Crippen LogP contribution in [0, 0.1) is 5.92 Å². The SMILES string of the molecule is CC(=O)C(C(C)=O)C(=S)NC(=O)c1ccc(Cl)cc1. The van der Waals surface area contributed by atoms with E-state index in [0.29, 0.717) is 10.6 Å². The van der Waals surface area contributed by atoms with Gasteiger partial charge in [-0.2, -0.15) is 0 Å². The van der Waals surface area contributed by atoms with E-state index in [0.717, 1.165) is 0 Å². The van der Waals surface area contributed by atoms with E-state index in [4.69, 9.17) is 23.8 Å². The fourth-order valence-corrected chi connectivity index (χ4v) is 2.06. The normalized spacial score (nSPS) is 10.1. The number of amides is 1. The second-order valence-corrected chi connectivity index (χ2v) is 4.86. The van der Waals surface area contributed by atoms with Gasteiger partial charge in [0.2, 0.25) is 0 Å². The monoisotopic (exact) mass is 297 g/mol. The minimum Gasteiger partial charge on any atom is -0.315 e. The molecule has 0 atom stereocenters. The van der Waals surface area contributed by atoms with Crippen molar-refractivity contribution >= 4 is 46.3 Å². The number of rotatable bonds is 4. The molecule has 0 aliphatic rings. The molecular formula is C13H12ClNO3S. The van der Waals surface area contributed by atoms with Crippen molar-refractivity contribution < 1.29 is 14.4 Å². The summed E-state index contributed by atoms with van der Waals surface area (Å²) in [7, 11) is 0. The van der Waals surface area contributed by atoms with Gasteiger partial charge in [-0.25, -0.2) is 0 Å². The molecule has 0 bridgehead atoms. The minimum absolute atomic E-state index is 0.0834. The molecule has 0 radical (unpaired) electrons. The standard InChI is InChI=1S/C13H12ClNO3S/c1-7(16)11(8(2)17)13(19)15-12(18)9-3-5-10(14)6-4-9/h3-6,11H,1-2H3,(H,15,18,19). The quantitative estimate of drug-likeness (QED) is 0.683. The van der Waals surface area contributed by atoms with Crippen molar-refractivity contribution in [3.63, 3.8) is 0 Å². The number of carbonyl (C=O) groups excluding carboxylic acids is 3. The highest BCUT2D eigenvalue weighted by Gasteiger charge is 2.25. The van der Waals surface area contributed by atoms with E-state index >= 15 is 0 Å². The Kier molecular flexibility index (Phi) is 5.32. The van der Waals surface area contributed by atoms with Crippen molar-refractivity contribution in [3.05, 3.63) is 34.9 Å². The van der Waals surface area contributed by atoms with Crippen molar-refractivity contribution in [2.75, 3.05) is 0 Å². The van der Waals surface area contributed by atoms with Gasteiger partial charge in [0.05, 0.1) is 0 Å². The molecule has 100 valence electrons. The second kappa shape index (κ2) is 6.54. The zero-order chi connectivity index (χ0) is 14.6. The molecule has 1 aromatic rings. The van der Waals surface area contributed by atoms with Gasteiger partial charge in [-0.05, 0) is 38.1 Å². The summed E-state index contributed by atoms with van der Waals surface area (Å²) in [5.41, 5.74) is 0.345. The molecule has 1 rings (SSSR count). The highest BCUT2D eigenvalue weighted by Crippen LogP contribution is 2.10. The third kappa shape index (κ3) is 4.22. The largest absolute Gasteiger partial charge is 0.315 e. The van der Waals surface area contributed by atoms with E-state index in [9.17, 15) is 14.4 Å². The summed E-state index contributed by atoms with van der Waals surface area (Å²) >= 11 is 10.6.